The third-order valence-electron chi connectivity index (χ3n) is 4.81. The van der Waals surface area contributed by atoms with Gasteiger partial charge in [-0.05, 0) is 30.0 Å². The first-order chi connectivity index (χ1) is 13.4. The highest BCUT2D eigenvalue weighted by atomic mass is 35.5. The number of amides is 1. The molecule has 3 aromatic rings. The Morgan fingerprint density at radius 2 is 2.18 bits per heavy atom. The van der Waals surface area contributed by atoms with Gasteiger partial charge < -0.3 is 10.3 Å². The van der Waals surface area contributed by atoms with Crippen molar-refractivity contribution in [2.24, 2.45) is 0 Å². The average molecular weight is 439 g/mol. The highest BCUT2D eigenvalue weighted by Crippen LogP contribution is 2.38. The minimum atomic E-state index is -3.64. The molecule has 1 aliphatic heterocycles. The topological polar surface area (TPSA) is 95.2 Å². The summed E-state index contributed by atoms with van der Waals surface area (Å²) in [5.74, 6) is -0.0337. The minimum Gasteiger partial charge on any atom is -0.354 e. The number of aromatic nitrogens is 2. The Labute approximate surface area is 171 Å². The molecule has 1 amide bonds. The summed E-state index contributed by atoms with van der Waals surface area (Å²) in [5.41, 5.74) is 0.553. The number of benzene rings is 1. The summed E-state index contributed by atoms with van der Waals surface area (Å²) in [4.78, 5) is 20.5. The summed E-state index contributed by atoms with van der Waals surface area (Å²) in [6.45, 7) is 2.09. The van der Waals surface area contributed by atoms with Gasteiger partial charge in [0.25, 0.3) is 0 Å². The quantitative estimate of drug-likeness (QED) is 0.616. The van der Waals surface area contributed by atoms with E-state index in [9.17, 15) is 13.2 Å². The number of hydrogen-bond acceptors (Lipinski definition) is 6. The van der Waals surface area contributed by atoms with Gasteiger partial charge in [-0.25, -0.2) is 13.4 Å². The van der Waals surface area contributed by atoms with E-state index in [-0.39, 0.29) is 12.5 Å². The third-order valence-corrected chi connectivity index (χ3v) is 8.80. The Morgan fingerprint density at radius 3 is 2.93 bits per heavy atom. The first-order valence-electron chi connectivity index (χ1n) is 8.84. The molecule has 2 aromatic heterocycles. The highest BCUT2D eigenvalue weighted by Gasteiger charge is 2.32. The predicted octanol–water partition coefficient (Wildman–Crippen LogP) is 2.61. The number of H-pyrrole nitrogens is 1. The van der Waals surface area contributed by atoms with Gasteiger partial charge in [0.2, 0.25) is 5.91 Å². The van der Waals surface area contributed by atoms with Gasteiger partial charge in [-0.15, -0.1) is 11.3 Å². The molecule has 3 heterocycles. The number of sulfone groups is 1. The molecule has 0 spiro atoms. The minimum absolute atomic E-state index is 0.0337. The molecule has 7 nitrogen and oxygen atoms in total. The monoisotopic (exact) mass is 438 g/mol. The maximum Gasteiger partial charge on any atom is 0.234 e. The summed E-state index contributed by atoms with van der Waals surface area (Å²) in [5, 5.41) is 3.44. The SMILES string of the molecule is O=C1CN(CCC(c2cnc[nH]2)S(=O)(=O)c2cc3ccc(Cl)cc3s2)CCN1. The molecule has 10 heteroatoms. The van der Waals surface area contributed by atoms with Crippen molar-refractivity contribution in [3.63, 3.8) is 0 Å². The van der Waals surface area contributed by atoms with Gasteiger partial charge in [0.1, 0.15) is 9.46 Å². The Balaban J connectivity index is 1.63. The van der Waals surface area contributed by atoms with Crippen molar-refractivity contribution >= 4 is 48.8 Å². The number of aromatic amines is 1. The van der Waals surface area contributed by atoms with Crippen LogP contribution in [0.1, 0.15) is 17.4 Å². The van der Waals surface area contributed by atoms with E-state index < -0.39 is 15.1 Å². The maximum absolute atomic E-state index is 13.5. The smallest absolute Gasteiger partial charge is 0.234 e. The molecule has 1 aliphatic rings. The van der Waals surface area contributed by atoms with Crippen molar-refractivity contribution in [3.05, 3.63) is 47.5 Å². The van der Waals surface area contributed by atoms with E-state index in [1.165, 1.54) is 17.7 Å². The number of fused-ring (bicyclic) bond motifs is 1. The Hall–Kier alpha value is -1.94. The van der Waals surface area contributed by atoms with Crippen LogP contribution in [0.3, 0.4) is 0 Å². The number of carbonyl (C=O) groups is 1. The fourth-order valence-corrected chi connectivity index (χ4v) is 6.97. The summed E-state index contributed by atoms with van der Waals surface area (Å²) >= 11 is 7.26. The molecular formula is C18H19ClN4O3S2. The zero-order valence-electron chi connectivity index (χ0n) is 14.9. The number of carbonyl (C=O) groups excluding carboxylic acids is 1. The zero-order chi connectivity index (χ0) is 19.7. The summed E-state index contributed by atoms with van der Waals surface area (Å²) in [6, 6.07) is 7.05. The number of halogens is 1. The Kier molecular flexibility index (Phi) is 5.42. The summed E-state index contributed by atoms with van der Waals surface area (Å²) in [7, 11) is -3.64. The Bertz CT molecular complexity index is 1100. The second-order valence-corrected chi connectivity index (χ2v) is 10.6. The predicted molar refractivity (Wildman–Crippen MR) is 109 cm³/mol. The first-order valence-corrected chi connectivity index (χ1v) is 11.6. The van der Waals surface area contributed by atoms with Crippen LogP contribution in [0.5, 0.6) is 0 Å². The van der Waals surface area contributed by atoms with E-state index in [4.69, 9.17) is 11.6 Å². The van der Waals surface area contributed by atoms with Gasteiger partial charge in [-0.3, -0.25) is 9.69 Å². The van der Waals surface area contributed by atoms with Crippen molar-refractivity contribution < 1.29 is 13.2 Å². The lowest BCUT2D eigenvalue weighted by Gasteiger charge is -2.27. The van der Waals surface area contributed by atoms with Crippen molar-refractivity contribution in [1.29, 1.82) is 0 Å². The van der Waals surface area contributed by atoms with Crippen LogP contribution in [0.25, 0.3) is 10.1 Å². The number of nitrogens with one attached hydrogen (secondary N) is 2. The molecule has 148 valence electrons. The first kappa shape index (κ1) is 19.4. The molecule has 28 heavy (non-hydrogen) atoms. The molecule has 1 fully saturated rings. The lowest BCUT2D eigenvalue weighted by molar-refractivity contribution is -0.124. The van der Waals surface area contributed by atoms with Crippen molar-refractivity contribution in [2.45, 2.75) is 15.9 Å². The van der Waals surface area contributed by atoms with E-state index in [0.717, 1.165) is 10.1 Å². The second-order valence-electron chi connectivity index (χ2n) is 6.70. The molecular weight excluding hydrogens is 420 g/mol. The molecule has 2 N–H and O–H groups in total. The number of piperazine rings is 1. The van der Waals surface area contributed by atoms with E-state index in [1.807, 2.05) is 11.0 Å². The molecule has 0 radical (unpaired) electrons. The van der Waals surface area contributed by atoms with Crippen LogP contribution in [0.15, 0.2) is 41.0 Å². The second kappa shape index (κ2) is 7.82. The lowest BCUT2D eigenvalue weighted by Crippen LogP contribution is -2.48. The van der Waals surface area contributed by atoms with Gasteiger partial charge in [-0.1, -0.05) is 17.7 Å². The summed E-state index contributed by atoms with van der Waals surface area (Å²) in [6.07, 6.45) is 3.40. The van der Waals surface area contributed by atoms with Crippen LogP contribution in [-0.2, 0) is 14.6 Å². The largest absolute Gasteiger partial charge is 0.354 e. The van der Waals surface area contributed by atoms with Gasteiger partial charge in [0.05, 0.1) is 18.6 Å². The third kappa shape index (κ3) is 3.93. The number of thiophene rings is 1. The number of rotatable bonds is 6. The highest BCUT2D eigenvalue weighted by molar-refractivity contribution is 7.93. The molecule has 0 bridgehead atoms. The van der Waals surface area contributed by atoms with Crippen LogP contribution in [0.4, 0.5) is 0 Å². The molecule has 1 unspecified atom stereocenters. The van der Waals surface area contributed by atoms with E-state index in [0.29, 0.717) is 41.0 Å². The van der Waals surface area contributed by atoms with Crippen LogP contribution >= 0.6 is 22.9 Å². The van der Waals surface area contributed by atoms with E-state index in [1.54, 1.807) is 24.4 Å². The Morgan fingerprint density at radius 1 is 1.32 bits per heavy atom. The molecule has 1 saturated heterocycles. The number of hydrogen-bond donors (Lipinski definition) is 2. The number of imidazole rings is 1. The summed E-state index contributed by atoms with van der Waals surface area (Å²) < 4.78 is 28.1. The maximum atomic E-state index is 13.5. The average Bonchev–Trinajstić information content (AvgIpc) is 3.31. The van der Waals surface area contributed by atoms with Gasteiger partial charge >= 0.3 is 0 Å². The van der Waals surface area contributed by atoms with Crippen molar-refractivity contribution in [3.8, 4) is 0 Å². The van der Waals surface area contributed by atoms with Crippen LogP contribution < -0.4 is 5.32 Å². The fraction of sp³-hybridized carbons (Fsp3) is 0.333. The van der Waals surface area contributed by atoms with Crippen LogP contribution in [-0.4, -0.2) is 55.4 Å². The molecule has 4 rings (SSSR count). The van der Waals surface area contributed by atoms with E-state index in [2.05, 4.69) is 15.3 Å². The standard InChI is InChI=1S/C18H19ClN4O3S2/c19-13-2-1-12-7-18(27-15(12)8-13)28(25,26)16(14-9-20-11-22-14)3-5-23-6-4-21-17(24)10-23/h1-2,7-9,11,16H,3-6,10H2,(H,20,22)(H,21,24). The molecule has 1 atom stereocenters. The normalized spacial score (nSPS) is 17.0. The number of nitrogens with zero attached hydrogens (tertiary/aromatic N) is 2. The fourth-order valence-electron chi connectivity index (χ4n) is 3.36. The van der Waals surface area contributed by atoms with Gasteiger partial charge in [-0.2, -0.15) is 0 Å². The molecule has 0 saturated carbocycles. The van der Waals surface area contributed by atoms with Crippen LogP contribution in [0.2, 0.25) is 5.02 Å². The molecule has 0 aliphatic carbocycles. The van der Waals surface area contributed by atoms with E-state index >= 15 is 0 Å². The zero-order valence-corrected chi connectivity index (χ0v) is 17.3. The van der Waals surface area contributed by atoms with Crippen molar-refractivity contribution in [2.75, 3.05) is 26.2 Å². The van der Waals surface area contributed by atoms with Gasteiger partial charge in [0, 0.05) is 35.6 Å². The van der Waals surface area contributed by atoms with Crippen LogP contribution in [0, 0.1) is 0 Å². The molecule has 1 aromatic carbocycles. The lowest BCUT2D eigenvalue weighted by atomic mass is 10.2. The van der Waals surface area contributed by atoms with Crippen molar-refractivity contribution in [1.82, 2.24) is 20.2 Å². The van der Waals surface area contributed by atoms with Gasteiger partial charge in [0.15, 0.2) is 9.84 Å².